The van der Waals surface area contributed by atoms with Crippen molar-refractivity contribution in [1.29, 1.82) is 0 Å². The van der Waals surface area contributed by atoms with Gasteiger partial charge < -0.3 is 15.1 Å². The Morgan fingerprint density at radius 2 is 1.76 bits per heavy atom. The quantitative estimate of drug-likeness (QED) is 0.518. The molecule has 7 nitrogen and oxygen atoms in total. The van der Waals surface area contributed by atoms with Gasteiger partial charge in [0.15, 0.2) is 0 Å². The van der Waals surface area contributed by atoms with Crippen LogP contribution < -0.4 is 10.2 Å². The lowest BCUT2D eigenvalue weighted by atomic mass is 10.0. The van der Waals surface area contributed by atoms with E-state index in [1.54, 1.807) is 24.7 Å². The van der Waals surface area contributed by atoms with E-state index in [2.05, 4.69) is 37.1 Å². The molecule has 0 unspecified atom stereocenters. The van der Waals surface area contributed by atoms with Crippen molar-refractivity contribution in [3.05, 3.63) is 78.6 Å². The fraction of sp³-hybridized carbons (Fsp3) is 0.200. The smallest absolute Gasteiger partial charge is 0.257 e. The van der Waals surface area contributed by atoms with E-state index in [1.807, 2.05) is 30.3 Å². The zero-order valence-corrected chi connectivity index (χ0v) is 18.2. The average Bonchev–Trinajstić information content (AvgIpc) is 2.84. The number of nitrogens with zero attached hydrogens (tertiary/aromatic N) is 5. The number of aromatic nitrogens is 3. The lowest BCUT2D eigenvalue weighted by Crippen LogP contribution is -2.44. The van der Waals surface area contributed by atoms with Gasteiger partial charge >= 0.3 is 0 Å². The zero-order valence-electron chi connectivity index (χ0n) is 18.2. The van der Waals surface area contributed by atoms with Crippen LogP contribution in [0.5, 0.6) is 0 Å². The van der Waals surface area contributed by atoms with E-state index in [4.69, 9.17) is 0 Å². The molecule has 33 heavy (non-hydrogen) atoms. The van der Waals surface area contributed by atoms with E-state index in [1.165, 1.54) is 12.3 Å². The van der Waals surface area contributed by atoms with Crippen LogP contribution in [-0.4, -0.2) is 59.0 Å². The number of likely N-dealkylation sites (N-methyl/N-ethyl adjacent to an activating group) is 1. The molecular formula is C25H23FN6O. The Labute approximate surface area is 190 Å². The molecule has 4 heterocycles. The van der Waals surface area contributed by atoms with Crippen LogP contribution in [0.1, 0.15) is 10.4 Å². The molecular weight excluding hydrogens is 419 g/mol. The number of pyridine rings is 3. The van der Waals surface area contributed by atoms with Crippen LogP contribution in [-0.2, 0) is 0 Å². The number of carbonyl (C=O) groups is 1. The van der Waals surface area contributed by atoms with Gasteiger partial charge in [-0.25, -0.2) is 14.4 Å². The number of rotatable bonds is 4. The number of benzene rings is 1. The molecule has 1 aromatic carbocycles. The minimum absolute atomic E-state index is 0.245. The third-order valence-corrected chi connectivity index (χ3v) is 5.84. The minimum atomic E-state index is -0.386. The summed E-state index contributed by atoms with van der Waals surface area (Å²) in [5.41, 5.74) is 2.05. The molecule has 0 aliphatic carbocycles. The van der Waals surface area contributed by atoms with E-state index in [0.717, 1.165) is 48.3 Å². The number of nitrogens with one attached hydrogen (secondary N) is 1. The normalized spacial score (nSPS) is 14.4. The fourth-order valence-corrected chi connectivity index (χ4v) is 3.92. The summed E-state index contributed by atoms with van der Waals surface area (Å²) >= 11 is 0. The number of halogens is 1. The first-order valence-electron chi connectivity index (χ1n) is 10.8. The summed E-state index contributed by atoms with van der Waals surface area (Å²) in [6.07, 6.45) is 6.17. The molecule has 1 saturated heterocycles. The van der Waals surface area contributed by atoms with Crippen LogP contribution in [0.15, 0.2) is 67.3 Å². The summed E-state index contributed by atoms with van der Waals surface area (Å²) in [6.45, 7) is 3.69. The molecule has 8 heteroatoms. The molecule has 0 atom stereocenters. The third kappa shape index (κ3) is 4.65. The van der Waals surface area contributed by atoms with Crippen molar-refractivity contribution in [3.63, 3.8) is 0 Å². The molecule has 1 N–H and O–H groups in total. The number of amides is 1. The molecule has 0 spiro atoms. The molecule has 0 saturated carbocycles. The summed E-state index contributed by atoms with van der Waals surface area (Å²) in [5.74, 6) is 0.615. The highest BCUT2D eigenvalue weighted by Gasteiger charge is 2.17. The van der Waals surface area contributed by atoms with E-state index in [0.29, 0.717) is 16.9 Å². The first-order chi connectivity index (χ1) is 16.0. The molecule has 1 aliphatic rings. The van der Waals surface area contributed by atoms with Gasteiger partial charge in [-0.2, -0.15) is 0 Å². The van der Waals surface area contributed by atoms with Crippen molar-refractivity contribution in [1.82, 2.24) is 19.9 Å². The molecule has 1 fully saturated rings. The Balaban J connectivity index is 1.36. The second-order valence-corrected chi connectivity index (χ2v) is 8.17. The van der Waals surface area contributed by atoms with Crippen LogP contribution in [0.25, 0.3) is 21.9 Å². The van der Waals surface area contributed by atoms with Crippen LogP contribution in [0.4, 0.5) is 16.0 Å². The third-order valence-electron chi connectivity index (χ3n) is 5.84. The van der Waals surface area contributed by atoms with Gasteiger partial charge in [-0.3, -0.25) is 9.78 Å². The first-order valence-corrected chi connectivity index (χ1v) is 10.8. The predicted molar refractivity (Wildman–Crippen MR) is 127 cm³/mol. The van der Waals surface area contributed by atoms with Crippen molar-refractivity contribution in [2.45, 2.75) is 0 Å². The molecule has 166 valence electrons. The van der Waals surface area contributed by atoms with Gasteiger partial charge in [0.1, 0.15) is 17.5 Å². The highest BCUT2D eigenvalue weighted by molar-refractivity contribution is 6.05. The monoisotopic (exact) mass is 442 g/mol. The van der Waals surface area contributed by atoms with Crippen LogP contribution in [0.2, 0.25) is 0 Å². The highest BCUT2D eigenvalue weighted by Crippen LogP contribution is 2.26. The molecule has 1 aliphatic heterocycles. The summed E-state index contributed by atoms with van der Waals surface area (Å²) in [6, 6.07) is 12.5. The van der Waals surface area contributed by atoms with Gasteiger partial charge in [0, 0.05) is 61.3 Å². The predicted octanol–water partition coefficient (Wildman–Crippen LogP) is 3.84. The molecule has 3 aromatic heterocycles. The van der Waals surface area contributed by atoms with Crippen molar-refractivity contribution in [2.24, 2.45) is 0 Å². The number of carbonyl (C=O) groups excluding carboxylic acids is 1. The largest absolute Gasteiger partial charge is 0.354 e. The van der Waals surface area contributed by atoms with Gasteiger partial charge in [0.2, 0.25) is 0 Å². The molecule has 5 rings (SSSR count). The van der Waals surface area contributed by atoms with E-state index >= 15 is 0 Å². The summed E-state index contributed by atoms with van der Waals surface area (Å²) in [4.78, 5) is 30.1. The Kier molecular flexibility index (Phi) is 5.66. The molecule has 1 amide bonds. The lowest BCUT2D eigenvalue weighted by molar-refractivity contribution is 0.102. The Morgan fingerprint density at radius 1 is 0.909 bits per heavy atom. The van der Waals surface area contributed by atoms with Crippen LogP contribution in [0, 0.1) is 5.82 Å². The fourth-order valence-electron chi connectivity index (χ4n) is 3.92. The number of piperazine rings is 1. The van der Waals surface area contributed by atoms with E-state index < -0.39 is 0 Å². The van der Waals surface area contributed by atoms with Crippen molar-refractivity contribution in [2.75, 3.05) is 43.4 Å². The zero-order chi connectivity index (χ0) is 22.8. The standard InChI is InChI=1S/C25H23FN6O/c1-31-6-8-32(9-7-31)24-13-18(4-5-28-24)25(33)30-23-12-20-10-17(2-3-19(20)15-29-23)21-11-22(26)16-27-14-21/h2-5,10-16H,6-9H2,1H3,(H,29,30,33). The Morgan fingerprint density at radius 3 is 2.58 bits per heavy atom. The maximum atomic E-state index is 13.6. The number of anilines is 2. The van der Waals surface area contributed by atoms with Crippen molar-refractivity contribution >= 4 is 28.3 Å². The summed E-state index contributed by atoms with van der Waals surface area (Å²) in [5, 5.41) is 4.68. The van der Waals surface area contributed by atoms with Crippen LogP contribution >= 0.6 is 0 Å². The van der Waals surface area contributed by atoms with E-state index in [9.17, 15) is 9.18 Å². The van der Waals surface area contributed by atoms with Gasteiger partial charge in [0.25, 0.3) is 5.91 Å². The first kappa shape index (κ1) is 21.0. The maximum absolute atomic E-state index is 13.6. The van der Waals surface area contributed by atoms with Crippen molar-refractivity contribution in [3.8, 4) is 11.1 Å². The van der Waals surface area contributed by atoms with Gasteiger partial charge in [0.05, 0.1) is 6.20 Å². The summed E-state index contributed by atoms with van der Waals surface area (Å²) < 4.78 is 13.6. The number of hydrogen-bond acceptors (Lipinski definition) is 6. The maximum Gasteiger partial charge on any atom is 0.257 e. The second-order valence-electron chi connectivity index (χ2n) is 8.17. The minimum Gasteiger partial charge on any atom is -0.354 e. The average molecular weight is 442 g/mol. The van der Waals surface area contributed by atoms with E-state index in [-0.39, 0.29) is 11.7 Å². The second kappa shape index (κ2) is 8.91. The molecule has 0 radical (unpaired) electrons. The van der Waals surface area contributed by atoms with Gasteiger partial charge in [-0.1, -0.05) is 12.1 Å². The van der Waals surface area contributed by atoms with Crippen molar-refractivity contribution < 1.29 is 9.18 Å². The Bertz CT molecular complexity index is 1320. The van der Waals surface area contributed by atoms with Crippen LogP contribution in [0.3, 0.4) is 0 Å². The number of hydrogen-bond donors (Lipinski definition) is 1. The molecule has 4 aromatic rings. The SMILES string of the molecule is CN1CCN(c2cc(C(=O)Nc3cc4cc(-c5cncc(F)c5)ccc4cn3)ccn2)CC1. The highest BCUT2D eigenvalue weighted by atomic mass is 19.1. The molecule has 0 bridgehead atoms. The summed E-state index contributed by atoms with van der Waals surface area (Å²) in [7, 11) is 2.10. The lowest BCUT2D eigenvalue weighted by Gasteiger charge is -2.33. The number of fused-ring (bicyclic) bond motifs is 1. The Hall–Kier alpha value is -3.91. The topological polar surface area (TPSA) is 74.2 Å². The van der Waals surface area contributed by atoms with Gasteiger partial charge in [-0.15, -0.1) is 0 Å². The van der Waals surface area contributed by atoms with Gasteiger partial charge in [-0.05, 0) is 48.3 Å².